The van der Waals surface area contributed by atoms with Gasteiger partial charge >= 0.3 is 0 Å². The van der Waals surface area contributed by atoms with Crippen LogP contribution < -0.4 is 0 Å². The second-order valence-corrected chi connectivity index (χ2v) is 22.6. The zero-order valence-corrected chi connectivity index (χ0v) is 41.6. The molecule has 1 radical (unpaired) electrons. The normalized spacial score (nSPS) is 15.5. The molecule has 5 aromatic carbocycles. The number of imidazole rings is 1. The first kappa shape index (κ1) is 44.0. The second kappa shape index (κ2) is 14.2. The van der Waals surface area contributed by atoms with Crippen LogP contribution >= 0.6 is 0 Å². The Balaban J connectivity index is 0.00000544. The molecule has 4 heteroatoms. The van der Waals surface area contributed by atoms with Crippen molar-refractivity contribution in [3.8, 4) is 33.4 Å². The zero-order valence-electron chi connectivity index (χ0n) is 39.2. The van der Waals surface area contributed by atoms with Crippen molar-refractivity contribution in [3.63, 3.8) is 0 Å². The van der Waals surface area contributed by atoms with Crippen LogP contribution in [-0.2, 0) is 57.7 Å². The molecule has 1 aliphatic rings. The molecular weight excluding hydrogens is 909 g/mol. The first-order valence-electron chi connectivity index (χ1n) is 21.6. The van der Waals surface area contributed by atoms with Gasteiger partial charge in [-0.25, -0.2) is 0 Å². The van der Waals surface area contributed by atoms with E-state index in [1.54, 1.807) is 0 Å². The Morgan fingerprint density at radius 1 is 0.533 bits per heavy atom. The molecule has 7 aromatic rings. The van der Waals surface area contributed by atoms with E-state index in [1.165, 1.54) is 66.8 Å². The molecule has 0 unspecified atom stereocenters. The average Bonchev–Trinajstić information content (AvgIpc) is 3.59. The number of benzene rings is 5. The van der Waals surface area contributed by atoms with Gasteiger partial charge in [-0.2, -0.15) is 0 Å². The Morgan fingerprint density at radius 3 is 1.40 bits per heavy atom. The summed E-state index contributed by atoms with van der Waals surface area (Å²) in [7, 11) is 0. The van der Waals surface area contributed by atoms with E-state index in [2.05, 4.69) is 213 Å². The number of pyridine rings is 1. The van der Waals surface area contributed by atoms with Gasteiger partial charge in [0.15, 0.2) is 0 Å². The van der Waals surface area contributed by atoms with E-state index < -0.39 is 0 Å². The third-order valence-corrected chi connectivity index (χ3v) is 12.8. The molecule has 0 N–H and O–H groups in total. The summed E-state index contributed by atoms with van der Waals surface area (Å²) in [6, 6.07) is 36.7. The summed E-state index contributed by atoms with van der Waals surface area (Å²) in [5.74, 6) is 0. The smallest absolute Gasteiger partial charge is 0.0891 e. The molecule has 8 rings (SSSR count). The maximum Gasteiger partial charge on any atom is 0.0891 e. The third kappa shape index (κ3) is 7.71. The maximum atomic E-state index is 6.56. The SMILES string of the molecule is Cc1cc2c(-c3cc(-c4cc(C(C)(C)C)cc(C(C)(C)C)c4)cc(-c4cc(C(C)(C)C)cc(C(C)(C)C)c4)c3)cc[c-]c2c2nc3cc4c(cc3n12)C(C)(C)OC4(C)C.[Ir]. The first-order valence-corrected chi connectivity index (χ1v) is 21.6. The molecule has 0 bridgehead atoms. The number of hydrogen-bond acceptors (Lipinski definition) is 2. The molecule has 0 saturated heterocycles. The minimum Gasteiger partial charge on any atom is -0.360 e. The summed E-state index contributed by atoms with van der Waals surface area (Å²) in [5.41, 5.74) is 18.6. The van der Waals surface area contributed by atoms with Crippen molar-refractivity contribution in [2.75, 3.05) is 0 Å². The first-order chi connectivity index (χ1) is 27.1. The van der Waals surface area contributed by atoms with Gasteiger partial charge in [-0.15, -0.1) is 23.6 Å². The van der Waals surface area contributed by atoms with Crippen LogP contribution in [0.2, 0.25) is 0 Å². The summed E-state index contributed by atoms with van der Waals surface area (Å²) in [4.78, 5) is 5.37. The second-order valence-electron chi connectivity index (χ2n) is 22.6. The molecule has 0 atom stereocenters. The fourth-order valence-electron chi connectivity index (χ4n) is 9.20. The van der Waals surface area contributed by atoms with Crippen molar-refractivity contribution >= 4 is 27.5 Å². The molecular formula is C56H65IrN2O-. The summed E-state index contributed by atoms with van der Waals surface area (Å²) in [5, 5.41) is 2.19. The monoisotopic (exact) mass is 974 g/mol. The van der Waals surface area contributed by atoms with E-state index in [0.29, 0.717) is 0 Å². The Kier molecular flexibility index (Phi) is 10.4. The Labute approximate surface area is 373 Å². The van der Waals surface area contributed by atoms with Gasteiger partial charge in [0.1, 0.15) is 0 Å². The van der Waals surface area contributed by atoms with Gasteiger partial charge in [0, 0.05) is 25.8 Å². The van der Waals surface area contributed by atoms with E-state index in [-0.39, 0.29) is 53.0 Å². The molecule has 3 nitrogen and oxygen atoms in total. The van der Waals surface area contributed by atoms with Crippen molar-refractivity contribution in [1.82, 2.24) is 9.38 Å². The standard InChI is InChI=1S/C56H65N2O.Ir/c1-33-21-45-43(19-18-20-44(45)50-57-48-31-46-47(32-49(48)58(33)50)56(16,17)59-55(46,14)15)38-23-34(36-25-39(51(2,3)4)29-40(26-36)52(5,6)7)22-35(24-38)37-27-41(53(8,9)10)30-42(28-37)54(11,12)13;/h18-19,21-32H,1-17H3;/q-1;. The molecule has 2 aromatic heterocycles. The fraction of sp³-hybridized carbons (Fsp3) is 0.411. The largest absolute Gasteiger partial charge is 0.360 e. The van der Waals surface area contributed by atoms with Crippen molar-refractivity contribution in [1.29, 1.82) is 0 Å². The fourth-order valence-corrected chi connectivity index (χ4v) is 9.20. The van der Waals surface area contributed by atoms with Crippen molar-refractivity contribution in [2.45, 2.75) is 151 Å². The van der Waals surface area contributed by atoms with Gasteiger partial charge in [-0.05, 0) is 148 Å². The molecule has 0 aliphatic carbocycles. The van der Waals surface area contributed by atoms with E-state index in [0.717, 1.165) is 33.1 Å². The molecule has 0 amide bonds. The molecule has 1 aliphatic heterocycles. The van der Waals surface area contributed by atoms with Crippen molar-refractivity contribution in [2.24, 2.45) is 0 Å². The Bertz CT molecular complexity index is 2680. The van der Waals surface area contributed by atoms with E-state index in [1.807, 2.05) is 0 Å². The van der Waals surface area contributed by atoms with Gasteiger partial charge in [0.05, 0.1) is 27.9 Å². The molecule has 0 fully saturated rings. The quantitative estimate of drug-likeness (QED) is 0.165. The predicted molar refractivity (Wildman–Crippen MR) is 252 cm³/mol. The summed E-state index contributed by atoms with van der Waals surface area (Å²) in [6.07, 6.45) is 0. The minimum atomic E-state index is -0.387. The molecule has 0 spiro atoms. The maximum absolute atomic E-state index is 6.56. The predicted octanol–water partition coefficient (Wildman–Crippen LogP) is 15.4. The van der Waals surface area contributed by atoms with Crippen LogP contribution in [0.1, 0.15) is 150 Å². The molecule has 0 saturated carbocycles. The van der Waals surface area contributed by atoms with Gasteiger partial charge in [-0.1, -0.05) is 136 Å². The molecule has 315 valence electrons. The third-order valence-electron chi connectivity index (χ3n) is 12.8. The van der Waals surface area contributed by atoms with E-state index in [4.69, 9.17) is 9.72 Å². The molecule has 60 heavy (non-hydrogen) atoms. The van der Waals surface area contributed by atoms with Crippen molar-refractivity contribution < 1.29 is 24.8 Å². The number of fused-ring (bicyclic) bond motifs is 6. The van der Waals surface area contributed by atoms with Gasteiger partial charge < -0.3 is 9.14 Å². The topological polar surface area (TPSA) is 26.5 Å². The van der Waals surface area contributed by atoms with E-state index >= 15 is 0 Å². The molecule has 3 heterocycles. The van der Waals surface area contributed by atoms with Crippen molar-refractivity contribution in [3.05, 3.63) is 130 Å². The van der Waals surface area contributed by atoms with Crippen LogP contribution in [0, 0.1) is 13.0 Å². The van der Waals surface area contributed by atoms with Crippen LogP contribution in [0.5, 0.6) is 0 Å². The van der Waals surface area contributed by atoms with Crippen LogP contribution in [-0.4, -0.2) is 9.38 Å². The van der Waals surface area contributed by atoms with Gasteiger partial charge in [-0.3, -0.25) is 4.98 Å². The summed E-state index contributed by atoms with van der Waals surface area (Å²) in [6.45, 7) is 38.8. The average molecular weight is 974 g/mol. The Morgan fingerprint density at radius 2 is 0.950 bits per heavy atom. The Hall–Kier alpha value is -4.08. The summed E-state index contributed by atoms with van der Waals surface area (Å²) < 4.78 is 8.88. The number of nitrogens with zero attached hydrogens (tertiary/aromatic N) is 2. The van der Waals surface area contributed by atoms with Crippen LogP contribution in [0.3, 0.4) is 0 Å². The number of aromatic nitrogens is 2. The van der Waals surface area contributed by atoms with Gasteiger partial charge in [0.25, 0.3) is 0 Å². The van der Waals surface area contributed by atoms with Crippen LogP contribution in [0.15, 0.2) is 84.9 Å². The summed E-state index contributed by atoms with van der Waals surface area (Å²) >= 11 is 0. The van der Waals surface area contributed by atoms with Crippen LogP contribution in [0.4, 0.5) is 0 Å². The zero-order chi connectivity index (χ0) is 43.0. The number of ether oxygens (including phenoxy) is 1. The number of rotatable bonds is 3. The number of aryl methyl sites for hydroxylation is 1. The van der Waals surface area contributed by atoms with Gasteiger partial charge in [0.2, 0.25) is 0 Å². The number of hydrogen-bond donors (Lipinski definition) is 0. The van der Waals surface area contributed by atoms with E-state index in [9.17, 15) is 0 Å². The minimum absolute atomic E-state index is 0. The van der Waals surface area contributed by atoms with Crippen LogP contribution in [0.25, 0.3) is 60.8 Å².